The van der Waals surface area contributed by atoms with Gasteiger partial charge in [0, 0.05) is 11.8 Å². The van der Waals surface area contributed by atoms with E-state index in [1.807, 2.05) is 0 Å². The minimum absolute atomic E-state index is 0.110. The van der Waals surface area contributed by atoms with Crippen LogP contribution in [0.1, 0.15) is 0 Å². The van der Waals surface area contributed by atoms with Crippen LogP contribution in [-0.4, -0.2) is 21.8 Å². The highest BCUT2D eigenvalue weighted by molar-refractivity contribution is 5.69. The normalized spacial score (nSPS) is 10.8. The van der Waals surface area contributed by atoms with Crippen molar-refractivity contribution in [2.75, 3.05) is 5.32 Å². The molecule has 1 aromatic carbocycles. The average Bonchev–Trinajstić information content (AvgIpc) is 3.01. The lowest BCUT2D eigenvalue weighted by Crippen LogP contribution is -2.05. The van der Waals surface area contributed by atoms with Gasteiger partial charge in [-0.2, -0.15) is 13.9 Å². The molecule has 2 aromatic heterocycles. The summed E-state index contributed by atoms with van der Waals surface area (Å²) in [6.07, 6.45) is 3.14. The van der Waals surface area contributed by atoms with Gasteiger partial charge in [0.1, 0.15) is 17.3 Å². The molecule has 0 aliphatic carbocycles. The molecule has 0 saturated heterocycles. The van der Waals surface area contributed by atoms with Crippen LogP contribution in [0.3, 0.4) is 0 Å². The number of benzene rings is 1. The highest BCUT2D eigenvalue weighted by Crippen LogP contribution is 2.31. The summed E-state index contributed by atoms with van der Waals surface area (Å²) < 4.78 is 43.0. The SMILES string of the molecule is Fc1cccc(-c2nc(Nc3cn[nH]c3)ccc2OC(F)F)c1. The van der Waals surface area contributed by atoms with Crippen molar-refractivity contribution in [3.63, 3.8) is 0 Å². The molecule has 0 aliphatic rings. The first-order valence-corrected chi connectivity index (χ1v) is 6.59. The molecule has 2 N–H and O–H groups in total. The van der Waals surface area contributed by atoms with E-state index in [4.69, 9.17) is 0 Å². The summed E-state index contributed by atoms with van der Waals surface area (Å²) in [5.41, 5.74) is 1.08. The van der Waals surface area contributed by atoms with Crippen molar-refractivity contribution in [3.8, 4) is 17.0 Å². The summed E-state index contributed by atoms with van der Waals surface area (Å²) in [7, 11) is 0. The predicted molar refractivity (Wildman–Crippen MR) is 78.1 cm³/mol. The third kappa shape index (κ3) is 3.60. The molecule has 0 aliphatic heterocycles. The number of nitrogens with zero attached hydrogens (tertiary/aromatic N) is 2. The summed E-state index contributed by atoms with van der Waals surface area (Å²) in [5, 5.41) is 9.35. The highest BCUT2D eigenvalue weighted by atomic mass is 19.3. The Morgan fingerprint density at radius 3 is 2.74 bits per heavy atom. The van der Waals surface area contributed by atoms with E-state index in [9.17, 15) is 13.2 Å². The van der Waals surface area contributed by atoms with Crippen LogP contribution < -0.4 is 10.1 Å². The minimum Gasteiger partial charge on any atom is -0.432 e. The Morgan fingerprint density at radius 2 is 2.04 bits per heavy atom. The summed E-state index contributed by atoms with van der Waals surface area (Å²) in [6.45, 7) is -3.00. The van der Waals surface area contributed by atoms with Crippen LogP contribution in [0.25, 0.3) is 11.3 Å². The number of hydrogen-bond acceptors (Lipinski definition) is 4. The Morgan fingerprint density at radius 1 is 1.17 bits per heavy atom. The fraction of sp³-hybridized carbons (Fsp3) is 0.0667. The van der Waals surface area contributed by atoms with Crippen LogP contribution in [0.5, 0.6) is 5.75 Å². The number of hydrogen-bond donors (Lipinski definition) is 2. The van der Waals surface area contributed by atoms with Gasteiger partial charge in [0.15, 0.2) is 5.75 Å². The molecule has 0 saturated carbocycles. The quantitative estimate of drug-likeness (QED) is 0.747. The number of alkyl halides is 2. The average molecular weight is 320 g/mol. The van der Waals surface area contributed by atoms with E-state index >= 15 is 0 Å². The van der Waals surface area contributed by atoms with Crippen LogP contribution in [0, 0.1) is 5.82 Å². The van der Waals surface area contributed by atoms with Gasteiger partial charge >= 0.3 is 6.61 Å². The van der Waals surface area contributed by atoms with Crippen molar-refractivity contribution in [1.29, 1.82) is 0 Å². The molecule has 0 unspecified atom stereocenters. The highest BCUT2D eigenvalue weighted by Gasteiger charge is 2.14. The summed E-state index contributed by atoms with van der Waals surface area (Å²) in [4.78, 5) is 4.23. The molecule has 2 heterocycles. The Kier molecular flexibility index (Phi) is 4.13. The number of pyridine rings is 1. The van der Waals surface area contributed by atoms with Gasteiger partial charge in [0.2, 0.25) is 0 Å². The van der Waals surface area contributed by atoms with Gasteiger partial charge in [-0.25, -0.2) is 9.37 Å². The number of ether oxygens (including phenoxy) is 1. The van der Waals surface area contributed by atoms with E-state index in [0.717, 1.165) is 0 Å². The molecule has 3 rings (SSSR count). The molecule has 23 heavy (non-hydrogen) atoms. The Bertz CT molecular complexity index is 793. The third-order valence-corrected chi connectivity index (χ3v) is 2.94. The number of rotatable bonds is 5. The monoisotopic (exact) mass is 320 g/mol. The van der Waals surface area contributed by atoms with E-state index in [-0.39, 0.29) is 11.4 Å². The lowest BCUT2D eigenvalue weighted by molar-refractivity contribution is -0.0496. The second-order valence-electron chi connectivity index (χ2n) is 4.54. The minimum atomic E-state index is -3.00. The maximum atomic E-state index is 13.4. The van der Waals surface area contributed by atoms with Gasteiger partial charge in [-0.05, 0) is 24.3 Å². The topological polar surface area (TPSA) is 62.8 Å². The van der Waals surface area contributed by atoms with Gasteiger partial charge in [-0.1, -0.05) is 12.1 Å². The summed E-state index contributed by atoms with van der Waals surface area (Å²) in [6, 6.07) is 8.31. The smallest absolute Gasteiger partial charge is 0.387 e. The molecular formula is C15H11F3N4O. The van der Waals surface area contributed by atoms with Crippen LogP contribution >= 0.6 is 0 Å². The Hall–Kier alpha value is -3.03. The zero-order valence-electron chi connectivity index (χ0n) is 11.6. The molecule has 0 amide bonds. The molecule has 0 radical (unpaired) electrons. The van der Waals surface area contributed by atoms with E-state index in [2.05, 4.69) is 25.2 Å². The summed E-state index contributed by atoms with van der Waals surface area (Å²) in [5.74, 6) is -0.254. The lowest BCUT2D eigenvalue weighted by atomic mass is 10.1. The molecule has 118 valence electrons. The maximum Gasteiger partial charge on any atom is 0.387 e. The Balaban J connectivity index is 2.01. The first-order valence-electron chi connectivity index (χ1n) is 6.59. The first kappa shape index (κ1) is 14.9. The van der Waals surface area contributed by atoms with Crippen molar-refractivity contribution in [2.24, 2.45) is 0 Å². The van der Waals surface area contributed by atoms with Crippen LogP contribution in [0.15, 0.2) is 48.8 Å². The number of H-pyrrole nitrogens is 1. The van der Waals surface area contributed by atoms with Gasteiger partial charge in [0.05, 0.1) is 11.9 Å². The number of aromatic nitrogens is 3. The van der Waals surface area contributed by atoms with Crippen molar-refractivity contribution in [1.82, 2.24) is 15.2 Å². The molecule has 0 bridgehead atoms. The molecule has 0 atom stereocenters. The van der Waals surface area contributed by atoms with E-state index < -0.39 is 12.4 Å². The Labute approximate surface area is 129 Å². The van der Waals surface area contributed by atoms with Crippen molar-refractivity contribution in [3.05, 3.63) is 54.6 Å². The fourth-order valence-electron chi connectivity index (χ4n) is 2.02. The van der Waals surface area contributed by atoms with Gasteiger partial charge in [0.25, 0.3) is 0 Å². The van der Waals surface area contributed by atoms with Gasteiger partial charge in [-0.15, -0.1) is 0 Å². The molecule has 0 fully saturated rings. The molecule has 8 heteroatoms. The van der Waals surface area contributed by atoms with E-state index in [0.29, 0.717) is 17.1 Å². The van der Waals surface area contributed by atoms with Crippen LogP contribution in [-0.2, 0) is 0 Å². The number of nitrogens with one attached hydrogen (secondary N) is 2. The molecular weight excluding hydrogens is 309 g/mol. The molecule has 3 aromatic rings. The number of anilines is 2. The van der Waals surface area contributed by atoms with Crippen LogP contribution in [0.2, 0.25) is 0 Å². The van der Waals surface area contributed by atoms with Gasteiger partial charge < -0.3 is 10.1 Å². The fourth-order valence-corrected chi connectivity index (χ4v) is 2.02. The maximum absolute atomic E-state index is 13.4. The lowest BCUT2D eigenvalue weighted by Gasteiger charge is -2.12. The van der Waals surface area contributed by atoms with E-state index in [1.165, 1.54) is 36.5 Å². The predicted octanol–water partition coefficient (Wildman–Crippen LogP) is 3.96. The zero-order valence-corrected chi connectivity index (χ0v) is 11.6. The largest absolute Gasteiger partial charge is 0.432 e. The number of aromatic amines is 1. The second-order valence-corrected chi connectivity index (χ2v) is 4.54. The van der Waals surface area contributed by atoms with Crippen molar-refractivity contribution >= 4 is 11.5 Å². The van der Waals surface area contributed by atoms with E-state index in [1.54, 1.807) is 12.3 Å². The van der Waals surface area contributed by atoms with Gasteiger partial charge in [-0.3, -0.25) is 5.10 Å². The molecule has 5 nitrogen and oxygen atoms in total. The third-order valence-electron chi connectivity index (χ3n) is 2.94. The van der Waals surface area contributed by atoms with Crippen molar-refractivity contribution < 1.29 is 17.9 Å². The second kappa shape index (κ2) is 6.39. The summed E-state index contributed by atoms with van der Waals surface area (Å²) >= 11 is 0. The standard InChI is InChI=1S/C15H11F3N4O/c16-10-3-1-2-9(6-10)14-12(23-15(17)18)4-5-13(22-14)21-11-7-19-20-8-11/h1-8,15H,(H,19,20)(H,21,22). The van der Waals surface area contributed by atoms with Crippen LogP contribution in [0.4, 0.5) is 24.7 Å². The zero-order chi connectivity index (χ0) is 16.2. The molecule has 0 spiro atoms. The number of halogens is 3. The first-order chi connectivity index (χ1) is 11.1. The van der Waals surface area contributed by atoms with Crippen molar-refractivity contribution in [2.45, 2.75) is 6.61 Å².